The number of rotatable bonds is 16. The zero-order valence-corrected chi connectivity index (χ0v) is 17.6. The average Bonchev–Trinajstić information content (AvgIpc) is 2.56. The lowest BCUT2D eigenvalue weighted by molar-refractivity contribution is 0.192. The SMILES string of the molecule is CCCCCCCCOP(=O)(O)O.CCCCN(CCO)CCCC. The molecule has 0 aliphatic carbocycles. The summed E-state index contributed by atoms with van der Waals surface area (Å²) in [5.41, 5.74) is 0. The fourth-order valence-electron chi connectivity index (χ4n) is 2.31. The van der Waals surface area contributed by atoms with Gasteiger partial charge in [0.2, 0.25) is 0 Å². The molecule has 6 nitrogen and oxygen atoms in total. The first-order chi connectivity index (χ1) is 11.9. The fourth-order valence-corrected chi connectivity index (χ4v) is 2.67. The van der Waals surface area contributed by atoms with E-state index in [1.807, 2.05) is 0 Å². The first-order valence-corrected chi connectivity index (χ1v) is 11.5. The molecule has 0 saturated carbocycles. The molecule has 0 heterocycles. The Morgan fingerprint density at radius 1 is 0.760 bits per heavy atom. The first-order valence-electron chi connectivity index (χ1n) is 9.94. The van der Waals surface area contributed by atoms with Crippen molar-refractivity contribution >= 4 is 7.82 Å². The summed E-state index contributed by atoms with van der Waals surface area (Å²) in [4.78, 5) is 19.0. The standard InChI is InChI=1S/C10H23NO.C8H19O4P/c1-3-5-7-11(9-10-12)8-6-4-2;1-2-3-4-5-6-7-8-12-13(9,10)11/h12H,3-10H2,1-2H3;2-8H2,1H3,(H2,9,10,11). The Labute approximate surface area is 155 Å². The van der Waals surface area contributed by atoms with E-state index in [9.17, 15) is 4.57 Å². The number of nitrogens with zero attached hydrogens (tertiary/aromatic N) is 1. The molecule has 0 aromatic rings. The lowest BCUT2D eigenvalue weighted by Crippen LogP contribution is -2.28. The third-order valence-electron chi connectivity index (χ3n) is 3.83. The number of hydrogen-bond acceptors (Lipinski definition) is 4. The van der Waals surface area contributed by atoms with Crippen LogP contribution in [0.4, 0.5) is 0 Å². The summed E-state index contributed by atoms with van der Waals surface area (Å²) in [5.74, 6) is 0. The minimum atomic E-state index is -4.23. The zero-order valence-electron chi connectivity index (χ0n) is 16.7. The fraction of sp³-hybridized carbons (Fsp3) is 1.00. The van der Waals surface area contributed by atoms with E-state index in [0.29, 0.717) is 6.61 Å². The molecular formula is C18H42NO5P. The number of hydrogen-bond donors (Lipinski definition) is 3. The van der Waals surface area contributed by atoms with Gasteiger partial charge in [-0.1, -0.05) is 65.7 Å². The third kappa shape index (κ3) is 26.4. The van der Waals surface area contributed by atoms with Crippen LogP contribution in [0.1, 0.15) is 85.0 Å². The monoisotopic (exact) mass is 383 g/mol. The van der Waals surface area contributed by atoms with E-state index in [-0.39, 0.29) is 6.61 Å². The van der Waals surface area contributed by atoms with Gasteiger partial charge in [-0.05, 0) is 32.4 Å². The summed E-state index contributed by atoms with van der Waals surface area (Å²) in [6, 6.07) is 0. The number of phosphoric ester groups is 1. The molecule has 0 atom stereocenters. The molecule has 25 heavy (non-hydrogen) atoms. The number of aliphatic hydroxyl groups excluding tert-OH is 1. The molecule has 154 valence electrons. The summed E-state index contributed by atoms with van der Waals surface area (Å²) in [6.07, 6.45) is 11.5. The van der Waals surface area contributed by atoms with Crippen LogP contribution in [-0.4, -0.2) is 52.6 Å². The topological polar surface area (TPSA) is 90.2 Å². The summed E-state index contributed by atoms with van der Waals surface area (Å²) >= 11 is 0. The Bertz CT molecular complexity index is 291. The maximum Gasteiger partial charge on any atom is 0.469 e. The molecule has 0 aromatic carbocycles. The molecule has 0 aliphatic heterocycles. The number of unbranched alkanes of at least 4 members (excludes halogenated alkanes) is 7. The van der Waals surface area contributed by atoms with Crippen LogP contribution < -0.4 is 0 Å². The van der Waals surface area contributed by atoms with Crippen LogP contribution in [0, 0.1) is 0 Å². The molecule has 7 heteroatoms. The van der Waals surface area contributed by atoms with E-state index in [1.54, 1.807) is 0 Å². The molecule has 0 rings (SSSR count). The predicted molar refractivity (Wildman–Crippen MR) is 105 cm³/mol. The molecule has 0 fully saturated rings. The van der Waals surface area contributed by atoms with Crippen LogP contribution in [0.25, 0.3) is 0 Å². The van der Waals surface area contributed by atoms with E-state index in [4.69, 9.17) is 14.9 Å². The van der Waals surface area contributed by atoms with Crippen molar-refractivity contribution in [1.82, 2.24) is 4.90 Å². The van der Waals surface area contributed by atoms with Gasteiger partial charge in [-0.15, -0.1) is 0 Å². The van der Waals surface area contributed by atoms with Gasteiger partial charge in [0.15, 0.2) is 0 Å². The Kier molecular flexibility index (Phi) is 22.2. The van der Waals surface area contributed by atoms with Gasteiger partial charge in [0, 0.05) is 6.54 Å². The van der Waals surface area contributed by atoms with Gasteiger partial charge >= 0.3 is 7.82 Å². The molecule has 3 N–H and O–H groups in total. The van der Waals surface area contributed by atoms with Gasteiger partial charge in [0.1, 0.15) is 0 Å². The highest BCUT2D eigenvalue weighted by Crippen LogP contribution is 2.35. The highest BCUT2D eigenvalue weighted by molar-refractivity contribution is 7.46. The second kappa shape index (κ2) is 20.3. The Balaban J connectivity index is 0. The minimum Gasteiger partial charge on any atom is -0.395 e. The lowest BCUT2D eigenvalue weighted by atomic mass is 10.1. The Hall–Kier alpha value is 0.0300. The van der Waals surface area contributed by atoms with Crippen molar-refractivity contribution in [2.75, 3.05) is 32.8 Å². The largest absolute Gasteiger partial charge is 0.469 e. The molecule has 0 radical (unpaired) electrons. The third-order valence-corrected chi connectivity index (χ3v) is 4.35. The molecular weight excluding hydrogens is 341 g/mol. The predicted octanol–water partition coefficient (Wildman–Crippen LogP) is 4.34. The second-order valence-corrected chi connectivity index (χ2v) is 7.60. The van der Waals surface area contributed by atoms with Crippen LogP contribution >= 0.6 is 7.82 Å². The van der Waals surface area contributed by atoms with Crippen LogP contribution in [0.2, 0.25) is 0 Å². The maximum absolute atomic E-state index is 10.2. The van der Waals surface area contributed by atoms with Crippen molar-refractivity contribution in [3.63, 3.8) is 0 Å². The zero-order chi connectivity index (χ0) is 19.4. The molecule has 0 aromatic heterocycles. The average molecular weight is 384 g/mol. The van der Waals surface area contributed by atoms with Gasteiger partial charge in [-0.2, -0.15) is 0 Å². The van der Waals surface area contributed by atoms with Crippen molar-refractivity contribution in [2.24, 2.45) is 0 Å². The molecule has 0 spiro atoms. The van der Waals surface area contributed by atoms with Crippen molar-refractivity contribution < 1.29 is 24.0 Å². The van der Waals surface area contributed by atoms with Gasteiger partial charge in [-0.25, -0.2) is 4.57 Å². The normalized spacial score (nSPS) is 11.5. The highest BCUT2D eigenvalue weighted by atomic mass is 31.2. The molecule has 0 unspecified atom stereocenters. The van der Waals surface area contributed by atoms with Gasteiger partial charge < -0.3 is 19.8 Å². The van der Waals surface area contributed by atoms with E-state index in [1.165, 1.54) is 44.9 Å². The van der Waals surface area contributed by atoms with Gasteiger partial charge in [-0.3, -0.25) is 4.52 Å². The summed E-state index contributed by atoms with van der Waals surface area (Å²) < 4.78 is 14.5. The van der Waals surface area contributed by atoms with E-state index in [0.717, 1.165) is 38.9 Å². The second-order valence-electron chi connectivity index (χ2n) is 6.36. The van der Waals surface area contributed by atoms with Crippen molar-refractivity contribution in [3.8, 4) is 0 Å². The lowest BCUT2D eigenvalue weighted by Gasteiger charge is -2.20. The van der Waals surface area contributed by atoms with Crippen molar-refractivity contribution in [2.45, 2.75) is 85.0 Å². The van der Waals surface area contributed by atoms with E-state index >= 15 is 0 Å². The Morgan fingerprint density at radius 3 is 1.68 bits per heavy atom. The Morgan fingerprint density at radius 2 is 1.24 bits per heavy atom. The van der Waals surface area contributed by atoms with Crippen molar-refractivity contribution in [1.29, 1.82) is 0 Å². The minimum absolute atomic E-state index is 0.163. The molecule has 0 bridgehead atoms. The summed E-state index contributed by atoms with van der Waals surface area (Å²) in [6.45, 7) is 10.2. The van der Waals surface area contributed by atoms with E-state index < -0.39 is 7.82 Å². The van der Waals surface area contributed by atoms with Crippen LogP contribution in [0.3, 0.4) is 0 Å². The smallest absolute Gasteiger partial charge is 0.395 e. The molecule has 0 aliphatic rings. The van der Waals surface area contributed by atoms with Crippen molar-refractivity contribution in [3.05, 3.63) is 0 Å². The number of phosphoric acid groups is 1. The van der Waals surface area contributed by atoms with Crippen LogP contribution in [0.15, 0.2) is 0 Å². The highest BCUT2D eigenvalue weighted by Gasteiger charge is 2.12. The van der Waals surface area contributed by atoms with Gasteiger partial charge in [0.05, 0.1) is 13.2 Å². The summed E-state index contributed by atoms with van der Waals surface area (Å²) in [5, 5.41) is 8.79. The van der Waals surface area contributed by atoms with Crippen LogP contribution in [-0.2, 0) is 9.09 Å². The first kappa shape index (κ1) is 27.3. The van der Waals surface area contributed by atoms with Gasteiger partial charge in [0.25, 0.3) is 0 Å². The van der Waals surface area contributed by atoms with Crippen LogP contribution in [0.5, 0.6) is 0 Å². The summed E-state index contributed by atoms with van der Waals surface area (Å²) in [7, 11) is -4.23. The molecule has 0 saturated heterocycles. The number of aliphatic hydroxyl groups is 1. The maximum atomic E-state index is 10.2. The molecule has 0 amide bonds. The quantitative estimate of drug-likeness (QED) is 0.271. The van der Waals surface area contributed by atoms with E-state index in [2.05, 4.69) is 30.2 Å².